The molecule has 2 fully saturated rings. The fraction of sp³-hybridized carbons (Fsp3) is 0.643. The summed E-state index contributed by atoms with van der Waals surface area (Å²) in [7, 11) is 2.24. The first kappa shape index (κ1) is 13.2. The number of piperidine rings is 1. The highest BCUT2D eigenvalue weighted by Crippen LogP contribution is 2.42. The van der Waals surface area contributed by atoms with Gasteiger partial charge in [0.15, 0.2) is 5.82 Å². The van der Waals surface area contributed by atoms with Crippen molar-refractivity contribution >= 4 is 16.5 Å². The lowest BCUT2D eigenvalue weighted by atomic mass is 9.90. The van der Waals surface area contributed by atoms with E-state index in [9.17, 15) is 0 Å². The maximum absolute atomic E-state index is 5.96. The van der Waals surface area contributed by atoms with Gasteiger partial charge in [0.25, 0.3) is 5.89 Å². The van der Waals surface area contributed by atoms with E-state index in [1.807, 2.05) is 6.92 Å². The molecular formula is C14H19N5OS. The van der Waals surface area contributed by atoms with Gasteiger partial charge in [-0.3, -0.25) is 0 Å². The topological polar surface area (TPSA) is 81.1 Å². The van der Waals surface area contributed by atoms with Crippen LogP contribution in [0.3, 0.4) is 0 Å². The Labute approximate surface area is 127 Å². The smallest absolute Gasteiger partial charge is 0.262 e. The van der Waals surface area contributed by atoms with E-state index in [1.54, 1.807) is 0 Å². The van der Waals surface area contributed by atoms with Crippen molar-refractivity contribution in [3.63, 3.8) is 0 Å². The molecule has 2 N–H and O–H groups in total. The van der Waals surface area contributed by atoms with Crippen molar-refractivity contribution in [3.8, 4) is 11.5 Å². The van der Waals surface area contributed by atoms with Gasteiger partial charge >= 0.3 is 0 Å². The van der Waals surface area contributed by atoms with Crippen molar-refractivity contribution in [1.29, 1.82) is 0 Å². The number of nitrogen functional groups attached to an aromatic ring is 1. The minimum Gasteiger partial charge on any atom is -0.389 e. The fourth-order valence-electron chi connectivity index (χ4n) is 3.77. The zero-order valence-electron chi connectivity index (χ0n) is 12.2. The average Bonchev–Trinajstić information content (AvgIpc) is 3.09. The quantitative estimate of drug-likeness (QED) is 0.917. The fourth-order valence-corrected chi connectivity index (χ4v) is 4.42. The third-order valence-corrected chi connectivity index (χ3v) is 5.77. The number of rotatable bonds is 2. The molecule has 6 nitrogen and oxygen atoms in total. The first-order chi connectivity index (χ1) is 10.1. The third-order valence-electron chi connectivity index (χ3n) is 5.01. The Morgan fingerprint density at radius 2 is 2.00 bits per heavy atom. The molecule has 0 amide bonds. The maximum atomic E-state index is 5.96. The highest BCUT2D eigenvalue weighted by atomic mass is 32.1. The van der Waals surface area contributed by atoms with Crippen LogP contribution in [0.5, 0.6) is 0 Å². The molecule has 4 rings (SSSR count). The molecule has 0 aliphatic carbocycles. The molecular weight excluding hydrogens is 286 g/mol. The molecule has 2 unspecified atom stereocenters. The number of fused-ring (bicyclic) bond motifs is 2. The van der Waals surface area contributed by atoms with Gasteiger partial charge in [-0.05, 0) is 51.2 Å². The maximum Gasteiger partial charge on any atom is 0.262 e. The van der Waals surface area contributed by atoms with Gasteiger partial charge in [0.1, 0.15) is 5.00 Å². The lowest BCUT2D eigenvalue weighted by molar-refractivity contribution is 0.157. The van der Waals surface area contributed by atoms with Crippen molar-refractivity contribution in [2.24, 2.45) is 0 Å². The van der Waals surface area contributed by atoms with Crippen LogP contribution in [0.15, 0.2) is 4.52 Å². The van der Waals surface area contributed by atoms with E-state index in [0.717, 1.165) is 29.9 Å². The Kier molecular flexibility index (Phi) is 3.00. The first-order valence-corrected chi connectivity index (χ1v) is 8.18. The van der Waals surface area contributed by atoms with E-state index in [1.165, 1.54) is 24.4 Å². The second kappa shape index (κ2) is 4.78. The van der Waals surface area contributed by atoms with Crippen LogP contribution in [0.2, 0.25) is 0 Å². The second-order valence-corrected chi connectivity index (χ2v) is 6.99. The number of aryl methyl sites for hydroxylation is 1. The van der Waals surface area contributed by atoms with Gasteiger partial charge in [-0.25, -0.2) is 0 Å². The van der Waals surface area contributed by atoms with Crippen LogP contribution in [-0.2, 0) is 0 Å². The molecule has 0 spiro atoms. The normalized spacial score (nSPS) is 29.1. The summed E-state index contributed by atoms with van der Waals surface area (Å²) in [4.78, 5) is 7.13. The summed E-state index contributed by atoms with van der Waals surface area (Å²) in [5, 5.41) is 4.86. The lowest BCUT2D eigenvalue weighted by Gasteiger charge is -2.34. The second-order valence-electron chi connectivity index (χ2n) is 6.18. The number of hydrogen-bond donors (Lipinski definition) is 1. The van der Waals surface area contributed by atoms with Crippen LogP contribution < -0.4 is 5.73 Å². The van der Waals surface area contributed by atoms with E-state index in [4.69, 9.17) is 10.3 Å². The Morgan fingerprint density at radius 3 is 2.62 bits per heavy atom. The van der Waals surface area contributed by atoms with Crippen LogP contribution in [-0.4, -0.2) is 38.5 Å². The van der Waals surface area contributed by atoms with Crippen molar-refractivity contribution in [3.05, 3.63) is 11.5 Å². The monoisotopic (exact) mass is 305 g/mol. The minimum absolute atomic E-state index is 0.407. The molecule has 2 aliphatic heterocycles. The lowest BCUT2D eigenvalue weighted by Crippen LogP contribution is -2.39. The highest BCUT2D eigenvalue weighted by Gasteiger charge is 2.40. The predicted molar refractivity (Wildman–Crippen MR) is 81.1 cm³/mol. The van der Waals surface area contributed by atoms with E-state index in [0.29, 0.717) is 28.9 Å². The summed E-state index contributed by atoms with van der Waals surface area (Å²) < 4.78 is 9.69. The van der Waals surface area contributed by atoms with Crippen LogP contribution >= 0.6 is 11.5 Å². The van der Waals surface area contributed by atoms with Crippen LogP contribution in [0.25, 0.3) is 11.5 Å². The zero-order valence-corrected chi connectivity index (χ0v) is 13.1. The SMILES string of the molecule is Cc1nsc(N)c1-c1nc(C2CC3CCC(C2)N3C)no1. The molecule has 0 saturated carbocycles. The van der Waals surface area contributed by atoms with Crippen LogP contribution in [0, 0.1) is 6.92 Å². The molecule has 2 bridgehead atoms. The van der Waals surface area contributed by atoms with E-state index < -0.39 is 0 Å². The largest absolute Gasteiger partial charge is 0.389 e. The molecule has 7 heteroatoms. The van der Waals surface area contributed by atoms with E-state index in [2.05, 4.69) is 26.5 Å². The summed E-state index contributed by atoms with van der Waals surface area (Å²) in [6, 6.07) is 1.34. The molecule has 2 saturated heterocycles. The van der Waals surface area contributed by atoms with E-state index >= 15 is 0 Å². The number of nitrogens with zero attached hydrogens (tertiary/aromatic N) is 4. The van der Waals surface area contributed by atoms with Crippen molar-refractivity contribution in [1.82, 2.24) is 19.4 Å². The Bertz CT molecular complexity index is 633. The minimum atomic E-state index is 0.407. The first-order valence-electron chi connectivity index (χ1n) is 7.41. The molecule has 21 heavy (non-hydrogen) atoms. The standard InChI is InChI=1S/C14H19N5OS/c1-7-11(12(15)21-18-7)14-16-13(17-20-14)8-5-9-3-4-10(6-8)19(9)2/h8-10H,3-6,15H2,1-2H3. The molecule has 2 aromatic rings. The number of anilines is 1. The molecule has 2 aliphatic rings. The third kappa shape index (κ3) is 2.06. The summed E-state index contributed by atoms with van der Waals surface area (Å²) >= 11 is 1.28. The average molecular weight is 305 g/mol. The molecule has 0 radical (unpaired) electrons. The van der Waals surface area contributed by atoms with Crippen molar-refractivity contribution in [2.45, 2.75) is 50.6 Å². The number of hydrogen-bond acceptors (Lipinski definition) is 7. The Morgan fingerprint density at radius 1 is 1.29 bits per heavy atom. The van der Waals surface area contributed by atoms with Gasteiger partial charge in [-0.1, -0.05) is 5.16 Å². The van der Waals surface area contributed by atoms with E-state index in [-0.39, 0.29) is 0 Å². The molecule has 0 aromatic carbocycles. The molecule has 112 valence electrons. The summed E-state index contributed by atoms with van der Waals surface area (Å²) in [6.07, 6.45) is 4.84. The van der Waals surface area contributed by atoms with Gasteiger partial charge in [-0.2, -0.15) is 9.36 Å². The summed E-state index contributed by atoms with van der Waals surface area (Å²) in [6.45, 7) is 1.92. The summed E-state index contributed by atoms with van der Waals surface area (Å²) in [5.41, 5.74) is 7.61. The van der Waals surface area contributed by atoms with Gasteiger partial charge in [0.05, 0.1) is 11.3 Å². The molecule has 2 aromatic heterocycles. The Hall–Kier alpha value is -1.47. The molecule has 2 atom stereocenters. The van der Waals surface area contributed by atoms with Crippen molar-refractivity contribution < 1.29 is 4.52 Å². The zero-order chi connectivity index (χ0) is 14.6. The highest BCUT2D eigenvalue weighted by molar-refractivity contribution is 7.10. The van der Waals surface area contributed by atoms with Gasteiger partial charge in [0.2, 0.25) is 0 Å². The summed E-state index contributed by atoms with van der Waals surface area (Å²) in [5.74, 6) is 1.75. The number of nitrogens with two attached hydrogens (primary N) is 1. The van der Waals surface area contributed by atoms with Crippen LogP contribution in [0.4, 0.5) is 5.00 Å². The van der Waals surface area contributed by atoms with Gasteiger partial charge < -0.3 is 15.2 Å². The molecule has 4 heterocycles. The van der Waals surface area contributed by atoms with Gasteiger partial charge in [0, 0.05) is 18.0 Å². The van der Waals surface area contributed by atoms with Crippen LogP contribution in [0.1, 0.15) is 43.1 Å². The Balaban J connectivity index is 1.61. The van der Waals surface area contributed by atoms with Crippen molar-refractivity contribution in [2.75, 3.05) is 12.8 Å². The predicted octanol–water partition coefficient (Wildman–Crippen LogP) is 2.42. The van der Waals surface area contributed by atoms with Gasteiger partial charge in [-0.15, -0.1) is 0 Å². The number of aromatic nitrogens is 3.